The van der Waals surface area contributed by atoms with Gasteiger partial charge in [-0.05, 0) is 74.2 Å². The number of aromatic nitrogens is 2. The molecule has 2 unspecified atom stereocenters. The lowest BCUT2D eigenvalue weighted by molar-refractivity contribution is -0.120. The first kappa shape index (κ1) is 33.9. The van der Waals surface area contributed by atoms with Crippen molar-refractivity contribution in [3.05, 3.63) is 127 Å². The average Bonchev–Trinajstić information content (AvgIpc) is 4.07. The highest BCUT2D eigenvalue weighted by molar-refractivity contribution is 6.03. The maximum atomic E-state index is 13.4. The summed E-state index contributed by atoms with van der Waals surface area (Å²) in [5.74, 6) is -0.632. The van der Waals surface area contributed by atoms with Gasteiger partial charge in [0.1, 0.15) is 23.2 Å². The van der Waals surface area contributed by atoms with Gasteiger partial charge in [-0.15, -0.1) is 0 Å². The molecule has 0 bridgehead atoms. The standard InChI is InChI=1S/C43H36N6O6/c50-40(32-9-5-21-48(32)42(52)36-23-28-7-1-3-11-34(28)54-36)46-30-17-13-26(14-18-30)38-39(45-25-44-38)27-15-19-31(20-16-27)47-41(51)33-10-6-22-49(33)43(53)37-24-29-8-2-4-12-35(29)55-37/h1-4,7-8,11-20,23-25,32-33H,5-6,9-10,21-22H2,(H,44,45)(H,46,50)(H,47,51). The first-order chi connectivity index (χ1) is 26.9. The topological polar surface area (TPSA) is 154 Å². The van der Waals surface area contributed by atoms with Crippen LogP contribution in [0.25, 0.3) is 44.5 Å². The van der Waals surface area contributed by atoms with E-state index in [1.807, 2.05) is 97.1 Å². The number of rotatable bonds is 8. The van der Waals surface area contributed by atoms with Gasteiger partial charge in [-0.1, -0.05) is 60.7 Å². The van der Waals surface area contributed by atoms with Crippen molar-refractivity contribution >= 4 is 56.9 Å². The lowest BCUT2D eigenvalue weighted by Crippen LogP contribution is -2.43. The summed E-state index contributed by atoms with van der Waals surface area (Å²) in [7, 11) is 0. The van der Waals surface area contributed by atoms with Crippen molar-refractivity contribution in [3.63, 3.8) is 0 Å². The van der Waals surface area contributed by atoms with E-state index in [-0.39, 0.29) is 35.1 Å². The zero-order chi connectivity index (χ0) is 37.5. The highest BCUT2D eigenvalue weighted by atomic mass is 16.4. The molecule has 4 amide bonds. The van der Waals surface area contributed by atoms with E-state index in [0.717, 1.165) is 46.1 Å². The number of aromatic amines is 1. The van der Waals surface area contributed by atoms with Crippen LogP contribution in [0.4, 0.5) is 11.4 Å². The Morgan fingerprint density at radius 1 is 0.618 bits per heavy atom. The van der Waals surface area contributed by atoms with E-state index in [4.69, 9.17) is 8.83 Å². The van der Waals surface area contributed by atoms with Crippen molar-refractivity contribution in [1.82, 2.24) is 19.8 Å². The number of para-hydroxylation sites is 2. The molecule has 0 saturated carbocycles. The average molecular weight is 733 g/mol. The first-order valence-corrected chi connectivity index (χ1v) is 18.3. The summed E-state index contributed by atoms with van der Waals surface area (Å²) in [5, 5.41) is 7.64. The van der Waals surface area contributed by atoms with Crippen LogP contribution in [0.1, 0.15) is 46.8 Å². The Morgan fingerprint density at radius 3 is 1.58 bits per heavy atom. The summed E-state index contributed by atoms with van der Waals surface area (Å²) < 4.78 is 11.6. The molecule has 274 valence electrons. The van der Waals surface area contributed by atoms with Gasteiger partial charge in [0.05, 0.1) is 17.7 Å². The van der Waals surface area contributed by atoms with Gasteiger partial charge in [-0.25, -0.2) is 4.98 Å². The molecule has 3 N–H and O–H groups in total. The number of carbonyl (C=O) groups excluding carboxylic acids is 4. The fourth-order valence-electron chi connectivity index (χ4n) is 7.64. The van der Waals surface area contributed by atoms with E-state index < -0.39 is 12.1 Å². The number of hydrogen-bond donors (Lipinski definition) is 3. The molecule has 2 aliphatic rings. The molecule has 55 heavy (non-hydrogen) atoms. The van der Waals surface area contributed by atoms with Crippen LogP contribution < -0.4 is 10.6 Å². The molecule has 3 aromatic heterocycles. The Labute approximate surface area is 315 Å². The van der Waals surface area contributed by atoms with E-state index >= 15 is 0 Å². The van der Waals surface area contributed by atoms with Gasteiger partial charge in [0.15, 0.2) is 11.5 Å². The van der Waals surface area contributed by atoms with Crippen molar-refractivity contribution in [2.24, 2.45) is 0 Å². The molecule has 9 rings (SSSR count). The van der Waals surface area contributed by atoms with E-state index in [9.17, 15) is 19.2 Å². The number of furan rings is 2. The van der Waals surface area contributed by atoms with Gasteiger partial charge in [-0.3, -0.25) is 19.2 Å². The van der Waals surface area contributed by atoms with Gasteiger partial charge in [0.25, 0.3) is 11.8 Å². The summed E-state index contributed by atoms with van der Waals surface area (Å²) in [4.78, 5) is 64.4. The third-order valence-electron chi connectivity index (χ3n) is 10.4. The lowest BCUT2D eigenvalue weighted by atomic mass is 10.0. The fourth-order valence-corrected chi connectivity index (χ4v) is 7.64. The predicted octanol–water partition coefficient (Wildman–Crippen LogP) is 7.72. The van der Waals surface area contributed by atoms with E-state index in [2.05, 4.69) is 20.6 Å². The molecule has 2 saturated heterocycles. The Bertz CT molecular complexity index is 2330. The lowest BCUT2D eigenvalue weighted by Gasteiger charge is -2.23. The highest BCUT2D eigenvalue weighted by Gasteiger charge is 2.37. The van der Waals surface area contributed by atoms with Gasteiger partial charge < -0.3 is 34.3 Å². The fraction of sp³-hybridized carbons (Fsp3) is 0.186. The summed E-state index contributed by atoms with van der Waals surface area (Å²) in [6.07, 6.45) is 4.21. The van der Waals surface area contributed by atoms with Gasteiger partial charge in [0, 0.05) is 46.4 Å². The summed E-state index contributed by atoms with van der Waals surface area (Å²) >= 11 is 0. The van der Waals surface area contributed by atoms with Crippen molar-refractivity contribution < 1.29 is 28.0 Å². The summed E-state index contributed by atoms with van der Waals surface area (Å²) in [6, 6.07) is 32.0. The number of benzene rings is 4. The van der Waals surface area contributed by atoms with E-state index in [0.29, 0.717) is 48.5 Å². The molecule has 2 aliphatic heterocycles. The zero-order valence-electron chi connectivity index (χ0n) is 29.7. The monoisotopic (exact) mass is 732 g/mol. The molecule has 2 atom stereocenters. The molecule has 12 nitrogen and oxygen atoms in total. The first-order valence-electron chi connectivity index (χ1n) is 18.3. The molecular formula is C43H36N6O6. The molecule has 4 aromatic carbocycles. The number of nitrogens with one attached hydrogen (secondary N) is 3. The second kappa shape index (κ2) is 14.1. The second-order valence-electron chi connectivity index (χ2n) is 13.9. The van der Waals surface area contributed by atoms with Crippen molar-refractivity contribution in [3.8, 4) is 22.5 Å². The number of hydrogen-bond acceptors (Lipinski definition) is 7. The summed E-state index contributed by atoms with van der Waals surface area (Å²) in [6.45, 7) is 0.958. The minimum Gasteiger partial charge on any atom is -0.451 e. The molecule has 0 spiro atoms. The number of likely N-dealkylation sites (tertiary alicyclic amines) is 2. The Balaban J connectivity index is 0.834. The third kappa shape index (κ3) is 6.52. The summed E-state index contributed by atoms with van der Waals surface area (Å²) in [5.41, 5.74) is 5.69. The number of carbonyl (C=O) groups is 4. The smallest absolute Gasteiger partial charge is 0.290 e. The maximum absolute atomic E-state index is 13.4. The molecule has 0 aliphatic carbocycles. The van der Waals surface area contributed by atoms with Gasteiger partial charge >= 0.3 is 0 Å². The van der Waals surface area contributed by atoms with Crippen LogP contribution >= 0.6 is 0 Å². The van der Waals surface area contributed by atoms with Crippen molar-refractivity contribution in [2.75, 3.05) is 23.7 Å². The molecule has 12 heteroatoms. The maximum Gasteiger partial charge on any atom is 0.290 e. The number of amides is 4. The van der Waals surface area contributed by atoms with E-state index in [1.54, 1.807) is 28.3 Å². The van der Waals surface area contributed by atoms with E-state index in [1.165, 1.54) is 0 Å². The van der Waals surface area contributed by atoms with Crippen LogP contribution in [0.3, 0.4) is 0 Å². The van der Waals surface area contributed by atoms with Crippen LogP contribution in [-0.4, -0.2) is 68.6 Å². The number of imidazole rings is 1. The zero-order valence-corrected chi connectivity index (χ0v) is 29.7. The Morgan fingerprint density at radius 2 is 1.09 bits per heavy atom. The van der Waals surface area contributed by atoms with Gasteiger partial charge in [0.2, 0.25) is 11.8 Å². The SMILES string of the molecule is O=C(Nc1ccc(-c2nc[nH]c2-c2ccc(NC(=O)C3CCCN3C(=O)c3cc4ccccc4o3)cc2)cc1)C1CCCN1C(=O)c1cc2ccccc2o1. The van der Waals surface area contributed by atoms with Crippen LogP contribution in [0, 0.1) is 0 Å². The van der Waals surface area contributed by atoms with Gasteiger partial charge in [-0.2, -0.15) is 0 Å². The highest BCUT2D eigenvalue weighted by Crippen LogP contribution is 2.32. The van der Waals surface area contributed by atoms with Crippen LogP contribution in [0.5, 0.6) is 0 Å². The quantitative estimate of drug-likeness (QED) is 0.145. The number of fused-ring (bicyclic) bond motifs is 2. The minimum atomic E-state index is -0.603. The normalized spacial score (nSPS) is 16.9. The molecule has 0 radical (unpaired) electrons. The van der Waals surface area contributed by atoms with Crippen molar-refractivity contribution in [2.45, 2.75) is 37.8 Å². The third-order valence-corrected chi connectivity index (χ3v) is 10.4. The number of anilines is 2. The number of H-pyrrole nitrogens is 1. The molecular weight excluding hydrogens is 697 g/mol. The Hall–Kier alpha value is -6.95. The van der Waals surface area contributed by atoms with Crippen molar-refractivity contribution in [1.29, 1.82) is 0 Å². The minimum absolute atomic E-state index is 0.226. The second-order valence-corrected chi connectivity index (χ2v) is 13.9. The molecule has 2 fully saturated rings. The van der Waals surface area contributed by atoms with Crippen LogP contribution in [0.2, 0.25) is 0 Å². The molecule has 7 aromatic rings. The molecule has 5 heterocycles. The predicted molar refractivity (Wildman–Crippen MR) is 207 cm³/mol. The van der Waals surface area contributed by atoms with Crippen LogP contribution in [-0.2, 0) is 9.59 Å². The van der Waals surface area contributed by atoms with Crippen LogP contribution in [0.15, 0.2) is 124 Å². The Kier molecular flexibility index (Phi) is 8.69. The largest absolute Gasteiger partial charge is 0.451 e. The number of nitrogens with zero attached hydrogens (tertiary/aromatic N) is 3.